The summed E-state index contributed by atoms with van der Waals surface area (Å²) in [6.45, 7) is 0. The molecule has 0 bridgehead atoms. The Bertz CT molecular complexity index is 503. The van der Waals surface area contributed by atoms with Crippen molar-refractivity contribution in [3.05, 3.63) is 70.7 Å². The van der Waals surface area contributed by atoms with E-state index in [1.807, 2.05) is 54.6 Å². The van der Waals surface area contributed by atoms with Crippen molar-refractivity contribution in [1.82, 2.24) is 0 Å². The second-order valence-electron chi connectivity index (χ2n) is 3.49. The van der Waals surface area contributed by atoms with Crippen molar-refractivity contribution < 1.29 is 4.79 Å². The molecule has 0 aromatic heterocycles. The zero-order chi connectivity index (χ0) is 11.9. The number of carbonyl (C=O) groups is 1. The Labute approximate surface area is 107 Å². The maximum absolute atomic E-state index is 11.1. The molecule has 0 aliphatic rings. The second-order valence-corrected chi connectivity index (χ2v) is 5.90. The van der Waals surface area contributed by atoms with Crippen LogP contribution < -0.4 is 4.46 Å². The minimum atomic E-state index is 0.0822. The molecular weight excluding hydrogens is 275 g/mol. The fourth-order valence-electron chi connectivity index (χ4n) is 1.43. The van der Waals surface area contributed by atoms with Gasteiger partial charge in [-0.2, -0.15) is 0 Å². The van der Waals surface area contributed by atoms with Crippen LogP contribution in [0.3, 0.4) is 0 Å². The monoisotopic (exact) mass is 288 g/mol. The Balaban J connectivity index is 2.18. The quantitative estimate of drug-likeness (QED) is 0.479. The standard InChI is InChI=1S/C15H12OSe/c16-12-15(11-13-7-3-1-4-8-13)17-14-9-5-2-6-10-14/h1-12H/b15-11-. The predicted molar refractivity (Wildman–Crippen MR) is 72.3 cm³/mol. The summed E-state index contributed by atoms with van der Waals surface area (Å²) in [7, 11) is 0. The van der Waals surface area contributed by atoms with Gasteiger partial charge in [-0.1, -0.05) is 0 Å². The molecular formula is C15H12OSe. The van der Waals surface area contributed by atoms with Gasteiger partial charge >= 0.3 is 107 Å². The molecule has 0 amide bonds. The van der Waals surface area contributed by atoms with Crippen LogP contribution in [0.1, 0.15) is 5.56 Å². The van der Waals surface area contributed by atoms with Gasteiger partial charge in [-0.05, 0) is 0 Å². The van der Waals surface area contributed by atoms with E-state index in [1.54, 1.807) is 0 Å². The van der Waals surface area contributed by atoms with Gasteiger partial charge in [0.1, 0.15) is 0 Å². The fourth-order valence-corrected chi connectivity index (χ4v) is 3.12. The Morgan fingerprint density at radius 2 is 1.47 bits per heavy atom. The van der Waals surface area contributed by atoms with Crippen LogP contribution in [0.15, 0.2) is 65.1 Å². The van der Waals surface area contributed by atoms with E-state index in [4.69, 9.17) is 0 Å². The Morgan fingerprint density at radius 3 is 2.06 bits per heavy atom. The van der Waals surface area contributed by atoms with E-state index in [-0.39, 0.29) is 15.0 Å². The second kappa shape index (κ2) is 6.19. The van der Waals surface area contributed by atoms with E-state index in [9.17, 15) is 4.79 Å². The van der Waals surface area contributed by atoms with E-state index in [1.165, 1.54) is 4.46 Å². The van der Waals surface area contributed by atoms with E-state index < -0.39 is 0 Å². The first-order chi connectivity index (χ1) is 8.38. The van der Waals surface area contributed by atoms with Crippen LogP contribution in [0, 0.1) is 0 Å². The summed E-state index contributed by atoms with van der Waals surface area (Å²) in [4.78, 5) is 11.1. The summed E-state index contributed by atoms with van der Waals surface area (Å²) in [6.07, 6.45) is 2.92. The number of hydrogen-bond acceptors (Lipinski definition) is 1. The molecule has 0 saturated heterocycles. The van der Waals surface area contributed by atoms with Gasteiger partial charge in [0, 0.05) is 0 Å². The summed E-state index contributed by atoms with van der Waals surface area (Å²) in [5.74, 6) is 0. The average molecular weight is 287 g/mol. The molecule has 2 heteroatoms. The van der Waals surface area contributed by atoms with Crippen LogP contribution in [-0.4, -0.2) is 21.2 Å². The van der Waals surface area contributed by atoms with Crippen LogP contribution >= 0.6 is 0 Å². The van der Waals surface area contributed by atoms with Gasteiger partial charge in [-0.3, -0.25) is 0 Å². The van der Waals surface area contributed by atoms with Crippen molar-refractivity contribution in [1.29, 1.82) is 0 Å². The van der Waals surface area contributed by atoms with Crippen molar-refractivity contribution in [2.45, 2.75) is 0 Å². The first-order valence-electron chi connectivity index (χ1n) is 5.33. The molecule has 0 radical (unpaired) electrons. The van der Waals surface area contributed by atoms with Gasteiger partial charge in [0.2, 0.25) is 0 Å². The molecule has 0 unspecified atom stereocenters. The normalized spacial score (nSPS) is 11.2. The van der Waals surface area contributed by atoms with Crippen LogP contribution in [0.25, 0.3) is 6.08 Å². The van der Waals surface area contributed by atoms with Crippen LogP contribution in [0.4, 0.5) is 0 Å². The maximum atomic E-state index is 11.1. The first kappa shape index (κ1) is 11.8. The van der Waals surface area contributed by atoms with Crippen molar-refractivity contribution in [2.24, 2.45) is 0 Å². The van der Waals surface area contributed by atoms with Crippen molar-refractivity contribution in [2.75, 3.05) is 0 Å². The van der Waals surface area contributed by atoms with E-state index in [2.05, 4.69) is 12.1 Å². The number of aldehydes is 1. The third-order valence-corrected chi connectivity index (χ3v) is 4.21. The number of benzene rings is 2. The van der Waals surface area contributed by atoms with E-state index in [0.717, 1.165) is 16.3 Å². The molecule has 2 rings (SSSR count). The van der Waals surface area contributed by atoms with Gasteiger partial charge < -0.3 is 0 Å². The van der Waals surface area contributed by atoms with Crippen molar-refractivity contribution >= 4 is 31.8 Å². The van der Waals surface area contributed by atoms with Crippen LogP contribution in [0.2, 0.25) is 0 Å². The van der Waals surface area contributed by atoms with Crippen molar-refractivity contribution in [3.8, 4) is 0 Å². The van der Waals surface area contributed by atoms with Crippen LogP contribution in [-0.2, 0) is 4.79 Å². The topological polar surface area (TPSA) is 17.1 Å². The summed E-state index contributed by atoms with van der Waals surface area (Å²) < 4.78 is 2.07. The molecule has 0 aliphatic heterocycles. The van der Waals surface area contributed by atoms with E-state index in [0.29, 0.717) is 0 Å². The average Bonchev–Trinajstić information content (AvgIpc) is 2.40. The van der Waals surface area contributed by atoms with Gasteiger partial charge in [0.15, 0.2) is 0 Å². The molecule has 0 spiro atoms. The molecule has 84 valence electrons. The van der Waals surface area contributed by atoms with Crippen molar-refractivity contribution in [3.63, 3.8) is 0 Å². The molecule has 0 fully saturated rings. The Morgan fingerprint density at radius 1 is 0.882 bits per heavy atom. The molecule has 0 saturated carbocycles. The van der Waals surface area contributed by atoms with Crippen LogP contribution in [0.5, 0.6) is 0 Å². The fraction of sp³-hybridized carbons (Fsp3) is 0. The molecule has 0 N–H and O–H groups in total. The van der Waals surface area contributed by atoms with Gasteiger partial charge in [0.05, 0.1) is 0 Å². The van der Waals surface area contributed by atoms with E-state index >= 15 is 0 Å². The molecule has 0 aliphatic carbocycles. The molecule has 0 atom stereocenters. The summed E-state index contributed by atoms with van der Waals surface area (Å²) in [6, 6.07) is 20.0. The zero-order valence-electron chi connectivity index (χ0n) is 9.24. The molecule has 1 nitrogen and oxygen atoms in total. The number of rotatable bonds is 4. The summed E-state index contributed by atoms with van der Waals surface area (Å²) in [5.41, 5.74) is 1.08. The van der Waals surface area contributed by atoms with Gasteiger partial charge in [0.25, 0.3) is 0 Å². The Hall–Kier alpha value is -1.63. The number of hydrogen-bond donors (Lipinski definition) is 0. The SMILES string of the molecule is O=C/C(=C/c1ccccc1)[Se]c1ccccc1. The summed E-state index contributed by atoms with van der Waals surface area (Å²) >= 11 is 0.0822. The Kier molecular flexibility index (Phi) is 4.31. The summed E-state index contributed by atoms with van der Waals surface area (Å²) in [5, 5.41) is 0. The molecule has 2 aromatic rings. The van der Waals surface area contributed by atoms with Gasteiger partial charge in [-0.15, -0.1) is 0 Å². The molecule has 2 aromatic carbocycles. The molecule has 17 heavy (non-hydrogen) atoms. The number of allylic oxidation sites excluding steroid dienone is 1. The third kappa shape index (κ3) is 3.70. The first-order valence-corrected chi connectivity index (χ1v) is 7.04. The predicted octanol–water partition coefficient (Wildman–Crippen LogP) is 2.26. The minimum absolute atomic E-state index is 0.0822. The number of carbonyl (C=O) groups excluding carboxylic acids is 1. The van der Waals surface area contributed by atoms with Gasteiger partial charge in [-0.25, -0.2) is 0 Å². The zero-order valence-corrected chi connectivity index (χ0v) is 11.0. The molecule has 0 heterocycles. The third-order valence-electron chi connectivity index (χ3n) is 2.20.